The average Bonchev–Trinajstić information content (AvgIpc) is 2.79. The number of carbonyl (C=O) groups excluding carboxylic acids is 1. The van der Waals surface area contributed by atoms with Crippen LogP contribution in [0.15, 0.2) is 53.5 Å². The number of nitrogens with zero attached hydrogens (tertiary/aromatic N) is 3. The minimum absolute atomic E-state index is 0. The van der Waals surface area contributed by atoms with Crippen LogP contribution in [0.3, 0.4) is 0 Å². The maximum Gasteiger partial charge on any atom is 0.251 e. The molecule has 1 aliphatic heterocycles. The van der Waals surface area contributed by atoms with E-state index < -0.39 is 0 Å². The van der Waals surface area contributed by atoms with Crippen molar-refractivity contribution in [3.63, 3.8) is 0 Å². The first-order valence-electron chi connectivity index (χ1n) is 10.5. The van der Waals surface area contributed by atoms with Crippen LogP contribution in [0.4, 0.5) is 5.69 Å². The van der Waals surface area contributed by atoms with Crippen molar-refractivity contribution in [3.05, 3.63) is 64.7 Å². The first kappa shape index (κ1) is 25.3. The molecule has 1 fully saturated rings. The summed E-state index contributed by atoms with van der Waals surface area (Å²) < 4.78 is 0. The van der Waals surface area contributed by atoms with Crippen LogP contribution in [0.5, 0.6) is 0 Å². The second kappa shape index (κ2) is 12.8. The van der Waals surface area contributed by atoms with Gasteiger partial charge < -0.3 is 20.4 Å². The molecule has 0 aromatic heterocycles. The van der Waals surface area contributed by atoms with Gasteiger partial charge in [0.1, 0.15) is 0 Å². The number of piperazine rings is 1. The smallest absolute Gasteiger partial charge is 0.251 e. The van der Waals surface area contributed by atoms with Gasteiger partial charge in [0, 0.05) is 51.9 Å². The van der Waals surface area contributed by atoms with Gasteiger partial charge in [0.15, 0.2) is 5.96 Å². The fourth-order valence-corrected chi connectivity index (χ4v) is 3.85. The van der Waals surface area contributed by atoms with Crippen molar-refractivity contribution in [2.75, 3.05) is 51.2 Å². The average molecular weight is 556 g/mol. The normalized spacial score (nSPS) is 14.1. The molecule has 0 spiro atoms. The van der Waals surface area contributed by atoms with E-state index in [4.69, 9.17) is 16.6 Å². The summed E-state index contributed by atoms with van der Waals surface area (Å²) in [7, 11) is 1.65. The number of amides is 1. The summed E-state index contributed by atoms with van der Waals surface area (Å²) in [6, 6.07) is 15.7. The summed E-state index contributed by atoms with van der Waals surface area (Å²) in [6.07, 6.45) is 0.791. The number of halogens is 2. The van der Waals surface area contributed by atoms with Gasteiger partial charge in [-0.25, -0.2) is 0 Å². The quantitative estimate of drug-likeness (QED) is 0.325. The molecule has 0 saturated carbocycles. The molecule has 31 heavy (non-hydrogen) atoms. The Labute approximate surface area is 207 Å². The van der Waals surface area contributed by atoms with Gasteiger partial charge >= 0.3 is 0 Å². The second-order valence-electron chi connectivity index (χ2n) is 7.19. The van der Waals surface area contributed by atoms with E-state index >= 15 is 0 Å². The molecule has 8 heteroatoms. The van der Waals surface area contributed by atoms with Crippen LogP contribution < -0.4 is 15.5 Å². The number of para-hydroxylation sites is 1. The van der Waals surface area contributed by atoms with E-state index in [1.807, 2.05) is 42.5 Å². The van der Waals surface area contributed by atoms with Gasteiger partial charge in [-0.05, 0) is 43.2 Å². The standard InChI is InChI=1S/C23H30ClN5O.HI/c1-3-26-23(27-12-11-18-7-6-8-19(17-18)22(30)25-2)29-15-13-28(14-16-29)21-10-5-4-9-20(21)24;/h4-10,17H,3,11-16H2,1-2H3,(H,25,30)(H,26,27);1H. The van der Waals surface area contributed by atoms with Gasteiger partial charge in [-0.15, -0.1) is 24.0 Å². The molecule has 3 rings (SSSR count). The third kappa shape index (κ3) is 7.00. The Balaban J connectivity index is 0.00000341. The van der Waals surface area contributed by atoms with Crippen LogP contribution in [-0.4, -0.2) is 63.1 Å². The van der Waals surface area contributed by atoms with E-state index in [2.05, 4.69) is 33.4 Å². The molecule has 2 aromatic rings. The first-order chi connectivity index (χ1) is 14.6. The largest absolute Gasteiger partial charge is 0.367 e. The Morgan fingerprint density at radius 3 is 2.52 bits per heavy atom. The predicted molar refractivity (Wildman–Crippen MR) is 140 cm³/mol. The third-order valence-electron chi connectivity index (χ3n) is 5.19. The number of nitrogens with one attached hydrogen (secondary N) is 2. The van der Waals surface area contributed by atoms with Gasteiger partial charge in [0.05, 0.1) is 10.7 Å². The maximum absolute atomic E-state index is 11.8. The SMILES string of the molecule is CCNC(=NCCc1cccc(C(=O)NC)c1)N1CCN(c2ccccc2Cl)CC1.I. The van der Waals surface area contributed by atoms with Gasteiger partial charge in [-0.3, -0.25) is 9.79 Å². The van der Waals surface area contributed by atoms with Crippen molar-refractivity contribution in [1.29, 1.82) is 0 Å². The van der Waals surface area contributed by atoms with Gasteiger partial charge in [-0.1, -0.05) is 35.9 Å². The monoisotopic (exact) mass is 555 g/mol. The van der Waals surface area contributed by atoms with E-state index in [-0.39, 0.29) is 29.9 Å². The lowest BCUT2D eigenvalue weighted by molar-refractivity contribution is 0.0963. The van der Waals surface area contributed by atoms with Crippen molar-refractivity contribution >= 4 is 53.1 Å². The molecule has 0 bridgehead atoms. The number of hydrogen-bond donors (Lipinski definition) is 2. The van der Waals surface area contributed by atoms with Crippen molar-refractivity contribution in [1.82, 2.24) is 15.5 Å². The molecule has 2 N–H and O–H groups in total. The summed E-state index contributed by atoms with van der Waals surface area (Å²) in [5.41, 5.74) is 2.89. The molecule has 0 radical (unpaired) electrons. The summed E-state index contributed by atoms with van der Waals surface area (Å²) in [5.74, 6) is 0.879. The minimum atomic E-state index is -0.0647. The topological polar surface area (TPSA) is 60.0 Å². The molecule has 0 atom stereocenters. The Morgan fingerprint density at radius 2 is 1.84 bits per heavy atom. The van der Waals surface area contributed by atoms with Crippen LogP contribution in [0, 0.1) is 0 Å². The maximum atomic E-state index is 11.8. The Hall–Kier alpha value is -2.00. The Morgan fingerprint density at radius 1 is 1.10 bits per heavy atom. The zero-order valence-corrected chi connectivity index (χ0v) is 21.2. The van der Waals surface area contributed by atoms with E-state index in [0.29, 0.717) is 12.1 Å². The summed E-state index contributed by atoms with van der Waals surface area (Å²) in [4.78, 5) is 21.3. The van der Waals surface area contributed by atoms with E-state index in [1.165, 1.54) is 0 Å². The van der Waals surface area contributed by atoms with Crippen LogP contribution >= 0.6 is 35.6 Å². The Bertz CT molecular complexity index is 884. The first-order valence-corrected chi connectivity index (χ1v) is 10.8. The number of hydrogen-bond acceptors (Lipinski definition) is 3. The number of anilines is 1. The van der Waals surface area contributed by atoms with Crippen LogP contribution in [-0.2, 0) is 6.42 Å². The van der Waals surface area contributed by atoms with Crippen LogP contribution in [0.1, 0.15) is 22.8 Å². The van der Waals surface area contributed by atoms with Gasteiger partial charge in [0.25, 0.3) is 5.91 Å². The van der Waals surface area contributed by atoms with E-state index in [9.17, 15) is 4.79 Å². The fraction of sp³-hybridized carbons (Fsp3) is 0.391. The molecule has 2 aromatic carbocycles. The molecular formula is C23H31ClIN5O. The van der Waals surface area contributed by atoms with Gasteiger partial charge in [0.2, 0.25) is 0 Å². The highest BCUT2D eigenvalue weighted by molar-refractivity contribution is 14.0. The molecule has 1 saturated heterocycles. The van der Waals surface area contributed by atoms with Crippen molar-refractivity contribution in [2.45, 2.75) is 13.3 Å². The van der Waals surface area contributed by atoms with E-state index in [0.717, 1.165) is 61.4 Å². The van der Waals surface area contributed by atoms with E-state index in [1.54, 1.807) is 7.05 Å². The molecular weight excluding hydrogens is 525 g/mol. The number of benzene rings is 2. The summed E-state index contributed by atoms with van der Waals surface area (Å²) >= 11 is 6.36. The van der Waals surface area contributed by atoms with Crippen molar-refractivity contribution in [3.8, 4) is 0 Å². The highest BCUT2D eigenvalue weighted by atomic mass is 127. The highest BCUT2D eigenvalue weighted by Gasteiger charge is 2.20. The molecule has 1 heterocycles. The lowest BCUT2D eigenvalue weighted by Crippen LogP contribution is -2.52. The van der Waals surface area contributed by atoms with Crippen molar-refractivity contribution < 1.29 is 4.79 Å². The third-order valence-corrected chi connectivity index (χ3v) is 5.51. The molecule has 168 valence electrons. The zero-order chi connectivity index (χ0) is 21.3. The number of aliphatic imine (C=N–C) groups is 1. The predicted octanol–water partition coefficient (Wildman–Crippen LogP) is 3.65. The van der Waals surface area contributed by atoms with Crippen LogP contribution in [0.25, 0.3) is 0 Å². The fourth-order valence-electron chi connectivity index (χ4n) is 3.60. The summed E-state index contributed by atoms with van der Waals surface area (Å²) in [5, 5.41) is 6.87. The van der Waals surface area contributed by atoms with Crippen molar-refractivity contribution in [2.24, 2.45) is 4.99 Å². The molecule has 1 aliphatic rings. The Kier molecular flexibility index (Phi) is 10.4. The lowest BCUT2D eigenvalue weighted by Gasteiger charge is -2.38. The number of rotatable bonds is 6. The second-order valence-corrected chi connectivity index (χ2v) is 7.60. The highest BCUT2D eigenvalue weighted by Crippen LogP contribution is 2.26. The zero-order valence-electron chi connectivity index (χ0n) is 18.1. The lowest BCUT2D eigenvalue weighted by atomic mass is 10.1. The molecule has 6 nitrogen and oxygen atoms in total. The summed E-state index contributed by atoms with van der Waals surface area (Å²) in [6.45, 7) is 7.18. The minimum Gasteiger partial charge on any atom is -0.367 e. The van der Waals surface area contributed by atoms with Crippen LogP contribution in [0.2, 0.25) is 5.02 Å². The van der Waals surface area contributed by atoms with Gasteiger partial charge in [-0.2, -0.15) is 0 Å². The number of guanidine groups is 1. The molecule has 0 unspecified atom stereocenters. The molecule has 1 amide bonds. The molecule has 0 aliphatic carbocycles. The number of carbonyl (C=O) groups is 1.